The Morgan fingerprint density at radius 3 is 2.81 bits per heavy atom. The van der Waals surface area contributed by atoms with E-state index in [1.54, 1.807) is 19.1 Å². The van der Waals surface area contributed by atoms with E-state index in [2.05, 4.69) is 20.3 Å². The molecule has 1 amide bonds. The Labute approximate surface area is 120 Å². The molecule has 0 saturated heterocycles. The second-order valence-electron chi connectivity index (χ2n) is 4.72. The number of rotatable bonds is 2. The summed E-state index contributed by atoms with van der Waals surface area (Å²) in [5.74, 6) is 0.694. The van der Waals surface area contributed by atoms with Crippen LogP contribution in [0.4, 0.5) is 5.69 Å². The Balaban J connectivity index is 2.35. The van der Waals surface area contributed by atoms with Crippen molar-refractivity contribution in [2.75, 3.05) is 12.4 Å². The summed E-state index contributed by atoms with van der Waals surface area (Å²) >= 11 is 0. The van der Waals surface area contributed by atoms with Crippen LogP contribution >= 0.6 is 0 Å². The standard InChI is InChI=1S/C14H14N4O3/c1-6-15-13-12(14(20)16-6)8-4-11(21-3)10(17-7(2)19)5-9(8)18-13/h4-5H,1-3H3,(H,17,19)(H2,15,16,18,20). The van der Waals surface area contributed by atoms with Crippen molar-refractivity contribution in [1.82, 2.24) is 15.0 Å². The molecule has 0 aliphatic rings. The van der Waals surface area contributed by atoms with Crippen molar-refractivity contribution >= 4 is 33.5 Å². The van der Waals surface area contributed by atoms with Crippen LogP contribution in [0.2, 0.25) is 0 Å². The number of amides is 1. The minimum atomic E-state index is -0.192. The van der Waals surface area contributed by atoms with Crippen LogP contribution in [0.15, 0.2) is 12.1 Å². The molecule has 2 heterocycles. The number of anilines is 1. The maximum absolute atomic E-state index is 11.2. The molecule has 0 unspecified atom stereocenters. The summed E-state index contributed by atoms with van der Waals surface area (Å²) in [6, 6.07) is 3.48. The van der Waals surface area contributed by atoms with Gasteiger partial charge in [-0.15, -0.1) is 0 Å². The third kappa shape index (κ3) is 2.12. The molecule has 0 aliphatic heterocycles. The van der Waals surface area contributed by atoms with Gasteiger partial charge in [0.15, 0.2) is 0 Å². The average Bonchev–Trinajstić information content (AvgIpc) is 2.73. The largest absolute Gasteiger partial charge is 0.495 e. The molecule has 2 aromatic heterocycles. The molecule has 0 radical (unpaired) electrons. The number of methoxy groups -OCH3 is 1. The first-order valence-corrected chi connectivity index (χ1v) is 6.34. The highest BCUT2D eigenvalue weighted by atomic mass is 16.5. The maximum atomic E-state index is 11.2. The highest BCUT2D eigenvalue weighted by Crippen LogP contribution is 2.36. The number of carbonyl (C=O) groups excluding carboxylic acids is 1. The number of aryl methyl sites for hydroxylation is 1. The third-order valence-corrected chi connectivity index (χ3v) is 3.17. The summed E-state index contributed by atoms with van der Waals surface area (Å²) < 4.78 is 5.29. The fraction of sp³-hybridized carbons (Fsp3) is 0.214. The van der Waals surface area contributed by atoms with Gasteiger partial charge in [-0.2, -0.15) is 4.98 Å². The van der Waals surface area contributed by atoms with Crippen molar-refractivity contribution in [2.45, 2.75) is 13.8 Å². The first-order valence-electron chi connectivity index (χ1n) is 6.34. The molecule has 0 spiro atoms. The van der Waals surface area contributed by atoms with E-state index in [0.717, 1.165) is 10.9 Å². The van der Waals surface area contributed by atoms with Gasteiger partial charge in [0.25, 0.3) is 0 Å². The van der Waals surface area contributed by atoms with Crippen molar-refractivity contribution in [1.29, 1.82) is 0 Å². The molecule has 7 nitrogen and oxygen atoms in total. The second-order valence-corrected chi connectivity index (χ2v) is 4.72. The Bertz CT molecular complexity index is 870. The lowest BCUT2D eigenvalue weighted by Crippen LogP contribution is -2.07. The van der Waals surface area contributed by atoms with Gasteiger partial charge in [0.1, 0.15) is 17.2 Å². The van der Waals surface area contributed by atoms with E-state index in [1.807, 2.05) is 0 Å². The van der Waals surface area contributed by atoms with Gasteiger partial charge in [-0.1, -0.05) is 0 Å². The molecule has 3 N–H and O–H groups in total. The summed E-state index contributed by atoms with van der Waals surface area (Å²) in [6.07, 6.45) is 0. The van der Waals surface area contributed by atoms with Crippen molar-refractivity contribution in [3.05, 3.63) is 18.0 Å². The summed E-state index contributed by atoms with van der Waals surface area (Å²) in [5.41, 5.74) is 1.81. The van der Waals surface area contributed by atoms with Gasteiger partial charge in [-0.3, -0.25) is 4.79 Å². The minimum Gasteiger partial charge on any atom is -0.495 e. The number of aromatic hydroxyl groups is 1. The van der Waals surface area contributed by atoms with Gasteiger partial charge in [0, 0.05) is 12.3 Å². The summed E-state index contributed by atoms with van der Waals surface area (Å²) in [6.45, 7) is 3.13. The molecule has 108 valence electrons. The van der Waals surface area contributed by atoms with Crippen LogP contribution in [0.5, 0.6) is 11.6 Å². The number of aromatic nitrogens is 3. The molecule has 0 fully saturated rings. The molecule has 7 heteroatoms. The predicted molar refractivity (Wildman–Crippen MR) is 78.7 cm³/mol. The molecular weight excluding hydrogens is 272 g/mol. The Morgan fingerprint density at radius 1 is 1.38 bits per heavy atom. The number of fused-ring (bicyclic) bond motifs is 3. The lowest BCUT2D eigenvalue weighted by Gasteiger charge is -2.09. The number of aromatic amines is 1. The normalized spacial score (nSPS) is 11.0. The molecule has 1 aromatic carbocycles. The molecule has 0 saturated carbocycles. The summed E-state index contributed by atoms with van der Waals surface area (Å²) in [5, 5.41) is 14.0. The molecule has 0 atom stereocenters. The van der Waals surface area contributed by atoms with Crippen LogP contribution in [-0.2, 0) is 4.79 Å². The zero-order chi connectivity index (χ0) is 15.1. The van der Waals surface area contributed by atoms with E-state index in [4.69, 9.17) is 4.74 Å². The fourth-order valence-electron chi connectivity index (χ4n) is 2.37. The smallest absolute Gasteiger partial charge is 0.224 e. The molecule has 3 aromatic rings. The zero-order valence-corrected chi connectivity index (χ0v) is 11.8. The van der Waals surface area contributed by atoms with Crippen molar-refractivity contribution < 1.29 is 14.6 Å². The van der Waals surface area contributed by atoms with Gasteiger partial charge in [-0.25, -0.2) is 4.98 Å². The quantitative estimate of drug-likeness (QED) is 0.669. The number of nitrogens with one attached hydrogen (secondary N) is 2. The lowest BCUT2D eigenvalue weighted by atomic mass is 10.1. The Hall–Kier alpha value is -2.83. The van der Waals surface area contributed by atoms with Crippen LogP contribution in [0.1, 0.15) is 12.7 Å². The van der Waals surface area contributed by atoms with Crippen molar-refractivity contribution in [2.24, 2.45) is 0 Å². The molecule has 0 bridgehead atoms. The fourth-order valence-corrected chi connectivity index (χ4v) is 2.37. The number of hydrogen-bond donors (Lipinski definition) is 3. The summed E-state index contributed by atoms with van der Waals surface area (Å²) in [4.78, 5) is 22.6. The van der Waals surface area contributed by atoms with Gasteiger partial charge in [0.05, 0.1) is 23.7 Å². The van der Waals surface area contributed by atoms with Crippen LogP contribution in [0.3, 0.4) is 0 Å². The topological polar surface area (TPSA) is 100 Å². The average molecular weight is 286 g/mol. The number of nitrogens with zero attached hydrogens (tertiary/aromatic N) is 2. The van der Waals surface area contributed by atoms with Crippen LogP contribution in [0, 0.1) is 6.92 Å². The maximum Gasteiger partial charge on any atom is 0.224 e. The zero-order valence-electron chi connectivity index (χ0n) is 11.8. The number of H-pyrrole nitrogens is 1. The minimum absolute atomic E-state index is 0.0851. The molecule has 21 heavy (non-hydrogen) atoms. The van der Waals surface area contributed by atoms with Crippen molar-refractivity contribution in [3.8, 4) is 11.6 Å². The summed E-state index contributed by atoms with van der Waals surface area (Å²) in [7, 11) is 1.52. The molecule has 0 aliphatic carbocycles. The van der Waals surface area contributed by atoms with E-state index >= 15 is 0 Å². The van der Waals surface area contributed by atoms with Crippen molar-refractivity contribution in [3.63, 3.8) is 0 Å². The van der Waals surface area contributed by atoms with Crippen LogP contribution < -0.4 is 10.1 Å². The molecule has 3 rings (SSSR count). The number of benzene rings is 1. The number of carbonyl (C=O) groups is 1. The SMILES string of the molecule is COc1cc2c(cc1NC(C)=O)[nH]c1nc(C)nc(O)c12. The van der Waals surface area contributed by atoms with E-state index in [-0.39, 0.29) is 11.8 Å². The van der Waals surface area contributed by atoms with Crippen LogP contribution in [0.25, 0.3) is 21.9 Å². The van der Waals surface area contributed by atoms with Gasteiger partial charge < -0.3 is 20.1 Å². The van der Waals surface area contributed by atoms with E-state index < -0.39 is 0 Å². The van der Waals surface area contributed by atoms with Gasteiger partial charge in [0.2, 0.25) is 11.8 Å². The van der Waals surface area contributed by atoms with E-state index in [0.29, 0.717) is 28.3 Å². The predicted octanol–water partition coefficient (Wildman–Crippen LogP) is 2.09. The van der Waals surface area contributed by atoms with Gasteiger partial charge in [-0.05, 0) is 19.1 Å². The van der Waals surface area contributed by atoms with E-state index in [9.17, 15) is 9.90 Å². The first-order chi connectivity index (χ1) is 9.99. The highest BCUT2D eigenvalue weighted by Gasteiger charge is 2.15. The highest BCUT2D eigenvalue weighted by molar-refractivity contribution is 6.10. The Morgan fingerprint density at radius 2 is 2.14 bits per heavy atom. The Kier molecular flexibility index (Phi) is 2.90. The number of hydrogen-bond acceptors (Lipinski definition) is 5. The lowest BCUT2D eigenvalue weighted by molar-refractivity contribution is -0.114. The third-order valence-electron chi connectivity index (χ3n) is 3.17. The van der Waals surface area contributed by atoms with E-state index in [1.165, 1.54) is 14.0 Å². The van der Waals surface area contributed by atoms with Crippen LogP contribution in [-0.4, -0.2) is 33.1 Å². The number of ether oxygens (including phenoxy) is 1. The van der Waals surface area contributed by atoms with Gasteiger partial charge >= 0.3 is 0 Å². The monoisotopic (exact) mass is 286 g/mol. The molecular formula is C14H14N4O3. The first kappa shape index (κ1) is 13.2. The second kappa shape index (κ2) is 4.62.